The van der Waals surface area contributed by atoms with Gasteiger partial charge in [-0.1, -0.05) is 0 Å². The maximum Gasteiger partial charge on any atom is 0.381 e. The number of Topliss-reactive ketones (excluding diaryl/α,β-unsaturated/α-hetero) is 1. The second kappa shape index (κ2) is 7.64. The Morgan fingerprint density at radius 2 is 2.11 bits per heavy atom. The summed E-state index contributed by atoms with van der Waals surface area (Å²) >= 11 is 0. The third-order valence-electron chi connectivity index (χ3n) is 4.66. The van der Waals surface area contributed by atoms with Crippen molar-refractivity contribution in [3.8, 4) is 6.07 Å². The number of fused-ring (bicyclic) bond motifs is 1. The van der Waals surface area contributed by atoms with Crippen LogP contribution in [0, 0.1) is 24.1 Å². The molecule has 1 N–H and O–H groups in total. The summed E-state index contributed by atoms with van der Waals surface area (Å²) in [6.45, 7) is 3.82. The number of carbonyl (C=O) groups is 3. The Kier molecular flexibility index (Phi) is 5.27. The van der Waals surface area contributed by atoms with Crippen LogP contribution in [-0.2, 0) is 22.5 Å². The average molecular weight is 383 g/mol. The summed E-state index contributed by atoms with van der Waals surface area (Å²) < 4.78 is 20.0. The van der Waals surface area contributed by atoms with Crippen LogP contribution in [0.25, 0.3) is 0 Å². The van der Waals surface area contributed by atoms with Crippen LogP contribution in [0.4, 0.5) is 10.1 Å². The molecular formula is C20H18FN3O4. The molecule has 2 aromatic rings. The Bertz CT molecular complexity index is 1030. The highest BCUT2D eigenvalue weighted by Crippen LogP contribution is 2.30. The molecule has 1 aromatic heterocycles. The molecule has 0 atom stereocenters. The average Bonchev–Trinajstić information content (AvgIpc) is 3.22. The Labute approximate surface area is 160 Å². The van der Waals surface area contributed by atoms with E-state index in [2.05, 4.69) is 5.32 Å². The van der Waals surface area contributed by atoms with Gasteiger partial charge in [-0.3, -0.25) is 9.59 Å². The normalized spacial score (nSPS) is 12.2. The summed E-state index contributed by atoms with van der Waals surface area (Å²) in [7, 11) is 0. The summed E-state index contributed by atoms with van der Waals surface area (Å²) in [5.41, 5.74) is 1.62. The topological polar surface area (TPSA) is 101 Å². The Morgan fingerprint density at radius 1 is 1.36 bits per heavy atom. The molecule has 1 aliphatic rings. The van der Waals surface area contributed by atoms with Crippen molar-refractivity contribution < 1.29 is 23.5 Å². The van der Waals surface area contributed by atoms with Crippen LogP contribution in [0.2, 0.25) is 0 Å². The number of amides is 1. The summed E-state index contributed by atoms with van der Waals surface area (Å²) in [5, 5.41) is 11.6. The number of benzene rings is 1. The molecule has 2 heterocycles. The number of nitrogens with zero attached hydrogens (tertiary/aromatic N) is 2. The predicted octanol–water partition coefficient (Wildman–Crippen LogP) is 2.75. The van der Waals surface area contributed by atoms with Gasteiger partial charge in [0.05, 0.1) is 17.7 Å². The number of nitriles is 1. The van der Waals surface area contributed by atoms with Crippen molar-refractivity contribution in [1.29, 1.82) is 5.26 Å². The number of carbonyl (C=O) groups excluding carboxylic acids is 3. The molecule has 0 saturated carbocycles. The Balaban J connectivity index is 1.98. The first-order valence-electron chi connectivity index (χ1n) is 8.83. The number of ether oxygens (including phenoxy) is 1. The van der Waals surface area contributed by atoms with Gasteiger partial charge in [-0.2, -0.15) is 5.26 Å². The van der Waals surface area contributed by atoms with Crippen molar-refractivity contribution in [3.05, 3.63) is 52.1 Å². The lowest BCUT2D eigenvalue weighted by atomic mass is 10.0. The van der Waals surface area contributed by atoms with Gasteiger partial charge >= 0.3 is 5.97 Å². The molecule has 0 spiro atoms. The highest BCUT2D eigenvalue weighted by molar-refractivity contribution is 6.41. The third kappa shape index (κ3) is 3.27. The van der Waals surface area contributed by atoms with Crippen LogP contribution in [0.1, 0.15) is 51.0 Å². The smallest absolute Gasteiger partial charge is 0.381 e. The molecule has 0 radical (unpaired) electrons. The van der Waals surface area contributed by atoms with Gasteiger partial charge in [-0.05, 0) is 50.5 Å². The lowest BCUT2D eigenvalue weighted by molar-refractivity contribution is -0.137. The second-order valence-corrected chi connectivity index (χ2v) is 6.36. The zero-order chi connectivity index (χ0) is 20.4. The van der Waals surface area contributed by atoms with E-state index in [1.807, 2.05) is 0 Å². The fraction of sp³-hybridized carbons (Fsp3) is 0.300. The molecule has 7 nitrogen and oxygen atoms in total. The van der Waals surface area contributed by atoms with E-state index in [1.54, 1.807) is 24.5 Å². The minimum atomic E-state index is -0.957. The fourth-order valence-electron chi connectivity index (χ4n) is 3.49. The van der Waals surface area contributed by atoms with Crippen LogP contribution < -0.4 is 5.32 Å². The Hall–Kier alpha value is -3.47. The SMILES string of the molecule is CCOC(=O)C(=O)c1c(C)c(C(=O)Nc2ccc(F)c(C#N)c2)c2n1CCC2. The third-order valence-corrected chi connectivity index (χ3v) is 4.66. The highest BCUT2D eigenvalue weighted by atomic mass is 19.1. The molecule has 1 amide bonds. The fourth-order valence-corrected chi connectivity index (χ4v) is 3.49. The molecule has 28 heavy (non-hydrogen) atoms. The first-order valence-corrected chi connectivity index (χ1v) is 8.83. The number of ketones is 1. The number of anilines is 1. The van der Waals surface area contributed by atoms with Crippen LogP contribution in [-0.4, -0.2) is 28.8 Å². The molecule has 0 saturated heterocycles. The molecule has 3 rings (SSSR count). The maximum absolute atomic E-state index is 13.5. The molecular weight excluding hydrogens is 365 g/mol. The van der Waals surface area contributed by atoms with Crippen molar-refractivity contribution in [2.45, 2.75) is 33.2 Å². The lowest BCUT2D eigenvalue weighted by Gasteiger charge is -2.07. The van der Waals surface area contributed by atoms with Crippen LogP contribution in [0.5, 0.6) is 0 Å². The quantitative estimate of drug-likeness (QED) is 0.486. The van der Waals surface area contributed by atoms with E-state index in [1.165, 1.54) is 12.1 Å². The van der Waals surface area contributed by atoms with Crippen LogP contribution >= 0.6 is 0 Å². The molecule has 0 unspecified atom stereocenters. The van der Waals surface area contributed by atoms with Crippen molar-refractivity contribution in [1.82, 2.24) is 4.57 Å². The van der Waals surface area contributed by atoms with Crippen LogP contribution in [0.15, 0.2) is 18.2 Å². The first-order chi connectivity index (χ1) is 13.4. The molecule has 0 aliphatic carbocycles. The van der Waals surface area contributed by atoms with E-state index in [9.17, 15) is 18.8 Å². The summed E-state index contributed by atoms with van der Waals surface area (Å²) in [4.78, 5) is 37.3. The number of hydrogen-bond donors (Lipinski definition) is 1. The molecule has 8 heteroatoms. The van der Waals surface area contributed by atoms with Gasteiger partial charge in [0.15, 0.2) is 0 Å². The zero-order valence-electron chi connectivity index (χ0n) is 15.5. The van der Waals surface area contributed by atoms with E-state index in [0.717, 1.165) is 12.5 Å². The van der Waals surface area contributed by atoms with Crippen molar-refractivity contribution in [2.24, 2.45) is 0 Å². The minimum absolute atomic E-state index is 0.0797. The Morgan fingerprint density at radius 3 is 2.79 bits per heavy atom. The lowest BCUT2D eigenvalue weighted by Crippen LogP contribution is -2.21. The highest BCUT2D eigenvalue weighted by Gasteiger charge is 2.33. The summed E-state index contributed by atoms with van der Waals surface area (Å²) in [5.74, 6) is -2.90. The number of hydrogen-bond acceptors (Lipinski definition) is 5. The molecule has 0 fully saturated rings. The molecule has 0 bridgehead atoms. The van der Waals surface area contributed by atoms with Gasteiger partial charge in [0.25, 0.3) is 11.7 Å². The van der Waals surface area contributed by atoms with Gasteiger partial charge < -0.3 is 14.6 Å². The zero-order valence-corrected chi connectivity index (χ0v) is 15.5. The van der Waals surface area contributed by atoms with Crippen molar-refractivity contribution in [3.63, 3.8) is 0 Å². The standard InChI is InChI=1S/C20H18FN3O4/c1-3-28-20(27)18(25)17-11(2)16(15-5-4-8-24(15)17)19(26)23-13-6-7-14(21)12(9-13)10-22/h6-7,9H,3-5,8H2,1-2H3,(H,23,26). The van der Waals surface area contributed by atoms with Crippen molar-refractivity contribution in [2.75, 3.05) is 11.9 Å². The van der Waals surface area contributed by atoms with Gasteiger partial charge in [0.2, 0.25) is 0 Å². The first kappa shape index (κ1) is 19.3. The molecule has 1 aliphatic heterocycles. The van der Waals surface area contributed by atoms with Gasteiger partial charge in [-0.15, -0.1) is 0 Å². The predicted molar refractivity (Wildman–Crippen MR) is 97.5 cm³/mol. The molecule has 144 valence electrons. The monoisotopic (exact) mass is 383 g/mol. The number of nitrogens with one attached hydrogen (secondary N) is 1. The number of aromatic nitrogens is 1. The van der Waals surface area contributed by atoms with E-state index in [4.69, 9.17) is 10.00 Å². The number of esters is 1. The van der Waals surface area contributed by atoms with Crippen molar-refractivity contribution >= 4 is 23.3 Å². The van der Waals surface area contributed by atoms with Crippen LogP contribution in [0.3, 0.4) is 0 Å². The van der Waals surface area contributed by atoms with Gasteiger partial charge in [0, 0.05) is 17.9 Å². The van der Waals surface area contributed by atoms with E-state index in [0.29, 0.717) is 29.8 Å². The van der Waals surface area contributed by atoms with E-state index in [-0.39, 0.29) is 23.6 Å². The van der Waals surface area contributed by atoms with Gasteiger partial charge in [-0.25, -0.2) is 9.18 Å². The van der Waals surface area contributed by atoms with E-state index >= 15 is 0 Å². The second-order valence-electron chi connectivity index (χ2n) is 6.36. The summed E-state index contributed by atoms with van der Waals surface area (Å²) in [6, 6.07) is 5.41. The summed E-state index contributed by atoms with van der Waals surface area (Å²) in [6.07, 6.45) is 1.33. The maximum atomic E-state index is 13.5. The number of rotatable bonds is 5. The van der Waals surface area contributed by atoms with E-state index < -0.39 is 23.5 Å². The van der Waals surface area contributed by atoms with Gasteiger partial charge in [0.1, 0.15) is 17.6 Å². The molecule has 1 aromatic carbocycles. The number of halogens is 1. The largest absolute Gasteiger partial charge is 0.460 e. The minimum Gasteiger partial charge on any atom is -0.460 e.